The summed E-state index contributed by atoms with van der Waals surface area (Å²) in [5.74, 6) is -9.79. The molecule has 10 amide bonds. The average molecular weight is 1600 g/mol. The first-order chi connectivity index (χ1) is 55.1. The number of hydrogen-bond donors (Lipinski definition) is 26. The van der Waals surface area contributed by atoms with E-state index in [-0.39, 0.29) is 158 Å². The number of nitrogens with one attached hydrogen (secondary N) is 17. The molecule has 2 heterocycles. The molecule has 0 spiro atoms. The van der Waals surface area contributed by atoms with Crippen molar-refractivity contribution >= 4 is 93.8 Å². The van der Waals surface area contributed by atoms with Crippen LogP contribution in [-0.4, -0.2) is 195 Å². The van der Waals surface area contributed by atoms with Gasteiger partial charge in [-0.05, 0) is 184 Å². The van der Waals surface area contributed by atoms with E-state index in [9.17, 15) is 44.1 Å². The Bertz CT molecular complexity index is 4490. The Morgan fingerprint density at radius 2 is 0.879 bits per heavy atom. The molecule has 116 heavy (non-hydrogen) atoms. The fourth-order valence-corrected chi connectivity index (χ4v) is 13.8. The molecule has 5 aromatic carbocycles. The molecule has 1 aromatic heterocycles. The quantitative estimate of drug-likeness (QED) is 0.0118. The number of phenols is 3. The van der Waals surface area contributed by atoms with Gasteiger partial charge >= 0.3 is 0 Å². The Morgan fingerprint density at radius 1 is 0.474 bits per heavy atom. The number of benzene rings is 5. The normalized spacial score (nSPS) is 14.5. The maximum Gasteiger partial charge on any atom is 0.245 e. The molecule has 0 unspecified atom stereocenters. The number of carbonyl (C=O) groups is 10. The zero-order valence-electron chi connectivity index (χ0n) is 65.5. The molecule has 0 aliphatic carbocycles. The number of para-hydroxylation sites is 1. The van der Waals surface area contributed by atoms with Gasteiger partial charge in [-0.2, -0.15) is 0 Å². The summed E-state index contributed by atoms with van der Waals surface area (Å²) < 4.78 is 0. The second-order valence-corrected chi connectivity index (χ2v) is 28.9. The van der Waals surface area contributed by atoms with Crippen molar-refractivity contribution in [3.8, 4) is 17.2 Å². The SMILES string of the molecule is Cc1cc(O)cc(C)c1C[C@H](NC(=O)[C@H](Cc1ccc(O)cc1)NC(=O)[C@H](CCCNC(=N)N)NC(=O)CCN1Cc2ccccc2C[C@H](NC(=O)[C@@H](CCCNC(=N)N)NC(=O)[C@@H](N)Cc2c(C)cc(O)cc2C)C1=O)C(=O)N[C@@H](CCCNC(=N)N)C(=O)N[C@@H](Cc1c[nH]c2ccccc12)C(=O)N[C@@H](CCCNC(=N)N)C(N)=O. The summed E-state index contributed by atoms with van der Waals surface area (Å²) in [6.07, 6.45) is 0.923. The van der Waals surface area contributed by atoms with Crippen molar-refractivity contribution in [3.63, 3.8) is 0 Å². The highest BCUT2D eigenvalue weighted by atomic mass is 16.3. The Labute approximate surface area is 671 Å². The Hall–Kier alpha value is -13.2. The molecule has 6 aromatic rings. The summed E-state index contributed by atoms with van der Waals surface area (Å²) >= 11 is 0. The third-order valence-corrected chi connectivity index (χ3v) is 19.9. The fraction of sp³-hybridized carbons (Fsp3) is 0.418. The minimum atomic E-state index is -1.62. The van der Waals surface area contributed by atoms with Crippen molar-refractivity contribution in [2.24, 2.45) is 34.4 Å². The predicted molar refractivity (Wildman–Crippen MR) is 436 cm³/mol. The summed E-state index contributed by atoms with van der Waals surface area (Å²) in [6.45, 7) is 6.99. The van der Waals surface area contributed by atoms with Crippen LogP contribution < -0.4 is 98.2 Å². The standard InChI is InChI=1S/C79H110N24O13/c1-42-31-51(105)32-43(2)54(42)38-56(80)68(109)97-60(19-11-28-92-78(86)87)71(112)102-65-36-47-13-5-6-14-48(47)41-103(75(65)116)30-25-66(107)95-59(18-10-27-91-77(84)85)69(110)99-62(35-46-21-23-50(104)24-22-46)72(113)101-64(39-55-44(3)33-52(106)34-45(55)4)74(115)98-61(20-12-29-93-79(88)89)70(111)100-63(37-49-40-94-57-16-8-7-15-53(49)57)73(114)96-58(67(81)108)17-9-26-90-76(82)83/h5-8,13-16,21-24,31-34,40,56,58-65,94,104-106H,9-12,17-20,25-30,35-39,41,80H2,1-4H3,(H2,81,108)(H,95,107)(H,96,114)(H,97,109)(H,98,115)(H,99,110)(H,100,111)(H,101,113)(H,102,112)(H4,82,83,90)(H4,84,85,91)(H4,86,87,92)(H4,88,89,93)/t56-,58-,59-,60+,61-,62-,63-,64-,65-/m0/s1. The summed E-state index contributed by atoms with van der Waals surface area (Å²) in [6, 6.07) is 13.5. The lowest BCUT2D eigenvalue weighted by molar-refractivity contribution is -0.138. The summed E-state index contributed by atoms with van der Waals surface area (Å²) in [5.41, 5.74) is 41.2. The molecular formula is C79H110N24O13. The molecule has 9 atom stereocenters. The number of primary amides is 1. The lowest BCUT2D eigenvalue weighted by Gasteiger charge is -2.28. The van der Waals surface area contributed by atoms with Gasteiger partial charge in [0.05, 0.1) is 6.04 Å². The second-order valence-electron chi connectivity index (χ2n) is 28.9. The summed E-state index contributed by atoms with van der Waals surface area (Å²) in [5, 5.41) is 95.4. The van der Waals surface area contributed by atoms with Gasteiger partial charge in [-0.25, -0.2) is 0 Å². The molecule has 0 saturated heterocycles. The Morgan fingerprint density at radius 3 is 1.38 bits per heavy atom. The number of carbonyl (C=O) groups excluding carboxylic acids is 10. The van der Waals surface area contributed by atoms with Crippen molar-refractivity contribution in [3.05, 3.63) is 159 Å². The molecule has 37 nitrogen and oxygen atoms in total. The number of guanidine groups is 4. The molecule has 0 radical (unpaired) electrons. The van der Waals surface area contributed by atoms with E-state index in [0.29, 0.717) is 61.0 Å². The highest BCUT2D eigenvalue weighted by Crippen LogP contribution is 2.26. The predicted octanol–water partition coefficient (Wildman–Crippen LogP) is -1.49. The van der Waals surface area contributed by atoms with E-state index in [0.717, 1.165) is 5.56 Å². The molecule has 1 aliphatic heterocycles. The van der Waals surface area contributed by atoms with E-state index in [4.69, 9.17) is 56.0 Å². The molecule has 32 N–H and O–H groups in total. The molecule has 7 rings (SSSR count). The lowest BCUT2D eigenvalue weighted by Crippen LogP contribution is -2.60. The number of nitrogens with two attached hydrogens (primary N) is 6. The van der Waals surface area contributed by atoms with E-state index in [2.05, 4.69) is 68.8 Å². The number of aromatic hydroxyl groups is 3. The Kier molecular flexibility index (Phi) is 33.9. The topological polar surface area (TPSA) is 646 Å². The van der Waals surface area contributed by atoms with Crippen molar-refractivity contribution in [1.29, 1.82) is 21.6 Å². The Balaban J connectivity index is 1.16. The second kappa shape index (κ2) is 43.7. The number of aromatic amines is 1. The first kappa shape index (κ1) is 90.0. The largest absolute Gasteiger partial charge is 0.508 e. The van der Waals surface area contributed by atoms with Crippen LogP contribution in [0.5, 0.6) is 17.2 Å². The zero-order valence-corrected chi connectivity index (χ0v) is 65.5. The third kappa shape index (κ3) is 28.2. The minimum absolute atomic E-state index is 0.00776. The van der Waals surface area contributed by atoms with Crippen molar-refractivity contribution in [2.45, 2.75) is 179 Å². The van der Waals surface area contributed by atoms with Crippen molar-refractivity contribution in [1.82, 2.24) is 73.7 Å². The minimum Gasteiger partial charge on any atom is -0.508 e. The van der Waals surface area contributed by atoms with E-state index in [1.54, 1.807) is 88.5 Å². The van der Waals surface area contributed by atoms with Gasteiger partial charge in [0, 0.05) is 88.5 Å². The average Bonchev–Trinajstić information content (AvgIpc) is 1.53. The molecule has 37 heteroatoms. The van der Waals surface area contributed by atoms with Crippen LogP contribution in [0, 0.1) is 49.3 Å². The lowest BCUT2D eigenvalue weighted by atomic mass is 9.94. The number of aryl methyl sites for hydroxylation is 4. The van der Waals surface area contributed by atoms with Gasteiger partial charge in [0.15, 0.2) is 23.8 Å². The number of amides is 10. The van der Waals surface area contributed by atoms with Crippen LogP contribution in [-0.2, 0) is 86.6 Å². The van der Waals surface area contributed by atoms with Gasteiger partial charge in [-0.15, -0.1) is 0 Å². The number of fused-ring (bicyclic) bond motifs is 2. The molecule has 1 aliphatic rings. The molecule has 624 valence electrons. The number of phenolic OH excluding ortho intramolecular Hbond substituents is 3. The number of H-pyrrole nitrogens is 1. The fourth-order valence-electron chi connectivity index (χ4n) is 13.8. The van der Waals surface area contributed by atoms with Crippen LogP contribution in [0.4, 0.5) is 0 Å². The number of aromatic nitrogens is 1. The van der Waals surface area contributed by atoms with Gasteiger partial charge in [-0.1, -0.05) is 54.6 Å². The zero-order chi connectivity index (χ0) is 84.9. The van der Waals surface area contributed by atoms with Crippen LogP contribution in [0.3, 0.4) is 0 Å². The van der Waals surface area contributed by atoms with Crippen LogP contribution in [0.25, 0.3) is 10.9 Å². The van der Waals surface area contributed by atoms with Crippen LogP contribution >= 0.6 is 0 Å². The number of rotatable bonds is 43. The van der Waals surface area contributed by atoms with Crippen LogP contribution in [0.1, 0.15) is 113 Å². The van der Waals surface area contributed by atoms with E-state index < -0.39 is 126 Å². The number of hydrogen-bond acceptors (Lipinski definition) is 18. The molecule has 0 bridgehead atoms. The van der Waals surface area contributed by atoms with Crippen molar-refractivity contribution in [2.75, 3.05) is 32.7 Å². The van der Waals surface area contributed by atoms with Gasteiger partial charge in [0.2, 0.25) is 59.1 Å². The maximum absolute atomic E-state index is 15.4. The van der Waals surface area contributed by atoms with Crippen LogP contribution in [0.2, 0.25) is 0 Å². The van der Waals surface area contributed by atoms with E-state index >= 15 is 19.2 Å². The third-order valence-electron chi connectivity index (χ3n) is 19.9. The van der Waals surface area contributed by atoms with Gasteiger partial charge < -0.3 is 123 Å². The molecule has 0 saturated carbocycles. The first-order valence-corrected chi connectivity index (χ1v) is 38.2. The van der Waals surface area contributed by atoms with Gasteiger partial charge in [0.1, 0.15) is 65.6 Å². The summed E-state index contributed by atoms with van der Waals surface area (Å²) in [7, 11) is 0. The van der Waals surface area contributed by atoms with E-state index in [1.165, 1.54) is 41.3 Å². The monoisotopic (exact) mass is 1600 g/mol. The van der Waals surface area contributed by atoms with Crippen LogP contribution in [0.15, 0.2) is 103 Å². The van der Waals surface area contributed by atoms with Gasteiger partial charge in [-0.3, -0.25) is 69.6 Å². The maximum atomic E-state index is 15.4. The molecule has 0 fully saturated rings. The highest BCUT2D eigenvalue weighted by Gasteiger charge is 2.38. The summed E-state index contributed by atoms with van der Waals surface area (Å²) in [4.78, 5) is 151. The highest BCUT2D eigenvalue weighted by molar-refractivity contribution is 5.99. The first-order valence-electron chi connectivity index (χ1n) is 38.2. The number of nitrogens with zero attached hydrogens (tertiary/aromatic N) is 1. The van der Waals surface area contributed by atoms with Crippen molar-refractivity contribution < 1.29 is 63.3 Å². The van der Waals surface area contributed by atoms with E-state index in [1.807, 2.05) is 6.07 Å². The smallest absolute Gasteiger partial charge is 0.245 e. The molecular weight excluding hydrogens is 1490 g/mol. The van der Waals surface area contributed by atoms with Gasteiger partial charge in [0.25, 0.3) is 0 Å².